The number of ether oxygens (including phenoxy) is 2. The first-order valence-electron chi connectivity index (χ1n) is 9.90. The van der Waals surface area contributed by atoms with Gasteiger partial charge in [0.25, 0.3) is 0 Å². The maximum Gasteiger partial charge on any atom is 0.191 e. The molecule has 2 N–H and O–H groups in total. The number of aliphatic imine (C=N–C) groups is 1. The molecule has 6 heteroatoms. The molecule has 5 nitrogen and oxygen atoms in total. The minimum Gasteiger partial charge on any atom is -0.385 e. The summed E-state index contributed by atoms with van der Waals surface area (Å²) in [7, 11) is 3.34. The summed E-state index contributed by atoms with van der Waals surface area (Å²) in [6, 6.07) is 5.08. The molecular weight excluding hydrogens is 345 g/mol. The molecule has 0 spiro atoms. The van der Waals surface area contributed by atoms with E-state index in [-0.39, 0.29) is 12.4 Å². The first kappa shape index (κ1) is 21.6. The van der Waals surface area contributed by atoms with Crippen LogP contribution in [0.3, 0.4) is 0 Å². The number of hydrogen-bond acceptors (Lipinski definition) is 3. The van der Waals surface area contributed by atoms with Gasteiger partial charge in [-0.2, -0.15) is 0 Å². The summed E-state index contributed by atoms with van der Waals surface area (Å²) in [5, 5.41) is 6.83. The van der Waals surface area contributed by atoms with E-state index < -0.39 is 0 Å². The highest BCUT2D eigenvalue weighted by molar-refractivity contribution is 5.79. The van der Waals surface area contributed by atoms with Gasteiger partial charge in [0.15, 0.2) is 5.96 Å². The lowest BCUT2D eigenvalue weighted by molar-refractivity contribution is 0.138. The molecule has 1 aromatic rings. The SMILES string of the molecule is CCNC(=NCc1ccc(F)c(COC)c1)NCC1(CCOC)CCCC1. The van der Waals surface area contributed by atoms with E-state index in [4.69, 9.17) is 9.47 Å². The third-order valence-electron chi connectivity index (χ3n) is 5.31. The monoisotopic (exact) mass is 379 g/mol. The average molecular weight is 380 g/mol. The van der Waals surface area contributed by atoms with Gasteiger partial charge in [-0.1, -0.05) is 18.9 Å². The summed E-state index contributed by atoms with van der Waals surface area (Å²) in [6.07, 6.45) is 6.13. The van der Waals surface area contributed by atoms with E-state index in [1.165, 1.54) is 31.7 Å². The van der Waals surface area contributed by atoms with Crippen LogP contribution in [0.5, 0.6) is 0 Å². The van der Waals surface area contributed by atoms with E-state index in [2.05, 4.69) is 22.5 Å². The largest absolute Gasteiger partial charge is 0.385 e. The quantitative estimate of drug-likeness (QED) is 0.482. The predicted molar refractivity (Wildman–Crippen MR) is 107 cm³/mol. The van der Waals surface area contributed by atoms with E-state index in [1.54, 1.807) is 20.3 Å². The molecule has 0 unspecified atom stereocenters. The van der Waals surface area contributed by atoms with Crippen molar-refractivity contribution in [2.24, 2.45) is 10.4 Å². The molecule has 1 aromatic carbocycles. The van der Waals surface area contributed by atoms with Gasteiger partial charge in [-0.25, -0.2) is 9.38 Å². The van der Waals surface area contributed by atoms with Crippen molar-refractivity contribution in [1.29, 1.82) is 0 Å². The number of benzene rings is 1. The standard InChI is InChI=1S/C21H34FN3O2/c1-4-23-20(25-16-21(11-12-26-2)9-5-6-10-21)24-14-17-7-8-19(22)18(13-17)15-27-3/h7-8,13H,4-6,9-12,14-16H2,1-3H3,(H2,23,24,25). The normalized spacial score (nSPS) is 16.5. The molecule has 0 aliphatic heterocycles. The molecule has 27 heavy (non-hydrogen) atoms. The van der Waals surface area contributed by atoms with Gasteiger partial charge in [0.2, 0.25) is 0 Å². The Kier molecular flexibility index (Phi) is 9.01. The zero-order valence-electron chi connectivity index (χ0n) is 16.9. The van der Waals surface area contributed by atoms with Crippen molar-refractivity contribution in [2.45, 2.75) is 52.2 Å². The lowest BCUT2D eigenvalue weighted by atomic mass is 9.83. The number of guanidine groups is 1. The summed E-state index contributed by atoms with van der Waals surface area (Å²) in [6.45, 7) is 5.33. The highest BCUT2D eigenvalue weighted by atomic mass is 19.1. The van der Waals surface area contributed by atoms with Crippen molar-refractivity contribution in [3.05, 3.63) is 35.1 Å². The molecule has 0 radical (unpaired) electrons. The molecule has 2 rings (SSSR count). The zero-order valence-corrected chi connectivity index (χ0v) is 16.9. The summed E-state index contributed by atoms with van der Waals surface area (Å²) in [4.78, 5) is 4.69. The van der Waals surface area contributed by atoms with Crippen LogP contribution in [0.2, 0.25) is 0 Å². The second-order valence-corrected chi connectivity index (χ2v) is 7.36. The van der Waals surface area contributed by atoms with Gasteiger partial charge >= 0.3 is 0 Å². The maximum atomic E-state index is 13.8. The fourth-order valence-corrected chi connectivity index (χ4v) is 3.73. The molecule has 0 amide bonds. The Labute approximate surface area is 162 Å². The summed E-state index contributed by atoms with van der Waals surface area (Å²) < 4.78 is 24.1. The molecule has 0 saturated heterocycles. The van der Waals surface area contributed by atoms with E-state index in [1.807, 2.05) is 6.07 Å². The maximum absolute atomic E-state index is 13.8. The van der Waals surface area contributed by atoms with Crippen LogP contribution >= 0.6 is 0 Å². The molecule has 152 valence electrons. The van der Waals surface area contributed by atoms with Gasteiger partial charge in [-0.05, 0) is 49.3 Å². The van der Waals surface area contributed by atoms with Gasteiger partial charge in [0.1, 0.15) is 5.82 Å². The minimum absolute atomic E-state index is 0.240. The molecule has 0 atom stereocenters. The molecular formula is C21H34FN3O2. The fourth-order valence-electron chi connectivity index (χ4n) is 3.73. The topological polar surface area (TPSA) is 54.9 Å². The zero-order chi connectivity index (χ0) is 19.5. The van der Waals surface area contributed by atoms with E-state index >= 15 is 0 Å². The third kappa shape index (κ3) is 6.78. The number of rotatable bonds is 10. The Morgan fingerprint density at radius 3 is 2.63 bits per heavy atom. The minimum atomic E-state index is -0.240. The van der Waals surface area contributed by atoms with Crippen LogP contribution < -0.4 is 10.6 Å². The Balaban J connectivity index is 2.00. The smallest absolute Gasteiger partial charge is 0.191 e. The van der Waals surface area contributed by atoms with Crippen molar-refractivity contribution in [2.75, 3.05) is 33.9 Å². The fraction of sp³-hybridized carbons (Fsp3) is 0.667. The number of halogens is 1. The van der Waals surface area contributed by atoms with E-state index in [0.29, 0.717) is 17.5 Å². The van der Waals surface area contributed by atoms with Gasteiger partial charge in [0, 0.05) is 39.5 Å². The molecule has 1 fully saturated rings. The highest BCUT2D eigenvalue weighted by Gasteiger charge is 2.33. The molecule has 0 aromatic heterocycles. The third-order valence-corrected chi connectivity index (χ3v) is 5.31. The van der Waals surface area contributed by atoms with Crippen LogP contribution in [0.4, 0.5) is 4.39 Å². The van der Waals surface area contributed by atoms with Crippen molar-refractivity contribution in [3.8, 4) is 0 Å². The second kappa shape index (κ2) is 11.2. The number of methoxy groups -OCH3 is 2. The molecule has 0 heterocycles. The summed E-state index contributed by atoms with van der Waals surface area (Å²) in [5.41, 5.74) is 1.83. The molecule has 1 saturated carbocycles. The van der Waals surface area contributed by atoms with Gasteiger partial charge in [0.05, 0.1) is 13.2 Å². The summed E-state index contributed by atoms with van der Waals surface area (Å²) in [5.74, 6) is 0.565. The second-order valence-electron chi connectivity index (χ2n) is 7.36. The summed E-state index contributed by atoms with van der Waals surface area (Å²) >= 11 is 0. The first-order chi connectivity index (χ1) is 13.1. The number of hydrogen-bond donors (Lipinski definition) is 2. The van der Waals surface area contributed by atoms with Crippen molar-refractivity contribution in [3.63, 3.8) is 0 Å². The lowest BCUT2D eigenvalue weighted by Crippen LogP contribution is -2.43. The molecule has 0 bridgehead atoms. The van der Waals surface area contributed by atoms with Crippen LogP contribution in [0, 0.1) is 11.2 Å². The lowest BCUT2D eigenvalue weighted by Gasteiger charge is -2.30. The van der Waals surface area contributed by atoms with E-state index in [9.17, 15) is 4.39 Å². The van der Waals surface area contributed by atoms with Gasteiger partial charge in [-0.3, -0.25) is 0 Å². The Morgan fingerprint density at radius 1 is 1.19 bits per heavy atom. The number of nitrogens with one attached hydrogen (secondary N) is 2. The van der Waals surface area contributed by atoms with Crippen molar-refractivity contribution >= 4 is 5.96 Å². The average Bonchev–Trinajstić information content (AvgIpc) is 3.14. The van der Waals surface area contributed by atoms with E-state index in [0.717, 1.165) is 37.6 Å². The van der Waals surface area contributed by atoms with Crippen molar-refractivity contribution < 1.29 is 13.9 Å². The molecule has 1 aliphatic carbocycles. The Bertz CT molecular complexity index is 601. The van der Waals surface area contributed by atoms with Crippen molar-refractivity contribution in [1.82, 2.24) is 10.6 Å². The highest BCUT2D eigenvalue weighted by Crippen LogP contribution is 2.40. The van der Waals surface area contributed by atoms with Crippen LogP contribution in [0.15, 0.2) is 23.2 Å². The van der Waals surface area contributed by atoms with Crippen LogP contribution in [0.1, 0.15) is 50.2 Å². The van der Waals surface area contributed by atoms with Crippen LogP contribution in [-0.2, 0) is 22.6 Å². The van der Waals surface area contributed by atoms with Crippen LogP contribution in [0.25, 0.3) is 0 Å². The predicted octanol–water partition coefficient (Wildman–Crippen LogP) is 3.62. The molecule has 1 aliphatic rings. The first-order valence-corrected chi connectivity index (χ1v) is 9.90. The Morgan fingerprint density at radius 2 is 1.96 bits per heavy atom. The van der Waals surface area contributed by atoms with Gasteiger partial charge < -0.3 is 20.1 Å². The Hall–Kier alpha value is -1.66. The number of nitrogens with zero attached hydrogens (tertiary/aromatic N) is 1. The van der Waals surface area contributed by atoms with Crippen LogP contribution in [-0.4, -0.2) is 39.9 Å². The van der Waals surface area contributed by atoms with Gasteiger partial charge in [-0.15, -0.1) is 0 Å².